The molecule has 3 aromatic rings. The van der Waals surface area contributed by atoms with Crippen molar-refractivity contribution in [3.8, 4) is 0 Å². The molecule has 1 aliphatic heterocycles. The molecule has 4 rings (SSSR count). The van der Waals surface area contributed by atoms with Crippen LogP contribution in [0, 0.1) is 0 Å². The third-order valence-corrected chi connectivity index (χ3v) is 6.09. The summed E-state index contributed by atoms with van der Waals surface area (Å²) in [5.41, 5.74) is 3.31. The number of urea groups is 1. The minimum Gasteiger partial charge on any atom is -0.375 e. The number of benzene rings is 1. The maximum atomic E-state index is 12.7. The number of nitrogens with one attached hydrogen (secondary N) is 1. The highest BCUT2D eigenvalue weighted by Gasteiger charge is 2.20. The molecule has 0 spiro atoms. The van der Waals surface area contributed by atoms with Crippen molar-refractivity contribution in [1.29, 1.82) is 0 Å². The van der Waals surface area contributed by atoms with Gasteiger partial charge >= 0.3 is 6.03 Å². The average Bonchev–Trinajstić information content (AvgIpc) is 3.24. The lowest BCUT2D eigenvalue weighted by Crippen LogP contribution is -2.39. The summed E-state index contributed by atoms with van der Waals surface area (Å²) in [5, 5.41) is 7.15. The molecular weight excluding hydrogens is 360 g/mol. The van der Waals surface area contributed by atoms with Crippen LogP contribution in [-0.2, 0) is 24.4 Å². The zero-order valence-corrected chi connectivity index (χ0v) is 16.5. The molecule has 0 fully saturated rings. The van der Waals surface area contributed by atoms with E-state index in [-0.39, 0.29) is 12.1 Å². The van der Waals surface area contributed by atoms with E-state index in [4.69, 9.17) is 4.74 Å². The number of nitrogens with zero attached hydrogens (tertiary/aromatic N) is 3. The van der Waals surface area contributed by atoms with Gasteiger partial charge in [-0.25, -0.2) is 9.78 Å². The van der Waals surface area contributed by atoms with E-state index in [1.54, 1.807) is 18.4 Å². The van der Waals surface area contributed by atoms with Crippen molar-refractivity contribution >= 4 is 28.3 Å². The summed E-state index contributed by atoms with van der Waals surface area (Å²) in [6.07, 6.45) is 0.928. The number of para-hydroxylation sites is 1. The lowest BCUT2D eigenvalue weighted by molar-refractivity contribution is 0.119. The molecule has 1 aromatic carbocycles. The van der Waals surface area contributed by atoms with E-state index in [1.165, 1.54) is 16.6 Å². The number of thiazole rings is 1. The monoisotopic (exact) mass is 384 g/mol. The molecule has 0 saturated heterocycles. The van der Waals surface area contributed by atoms with Crippen LogP contribution in [0.2, 0.25) is 0 Å². The molecule has 1 unspecified atom stereocenters. The topological polar surface area (TPSA) is 59.4 Å². The molecule has 0 aliphatic carbocycles. The average molecular weight is 385 g/mol. The van der Waals surface area contributed by atoms with Gasteiger partial charge in [-0.05, 0) is 30.9 Å². The van der Waals surface area contributed by atoms with Gasteiger partial charge in [0.25, 0.3) is 0 Å². The van der Waals surface area contributed by atoms with Gasteiger partial charge in [0, 0.05) is 36.8 Å². The fourth-order valence-electron chi connectivity index (χ4n) is 3.50. The number of fused-ring (bicyclic) bond motifs is 3. The van der Waals surface area contributed by atoms with E-state index >= 15 is 0 Å². The van der Waals surface area contributed by atoms with Gasteiger partial charge in [-0.2, -0.15) is 0 Å². The second-order valence-corrected chi connectivity index (χ2v) is 7.72. The molecule has 142 valence electrons. The van der Waals surface area contributed by atoms with Gasteiger partial charge in [0.2, 0.25) is 0 Å². The fraction of sp³-hybridized carbons (Fsp3) is 0.400. The summed E-state index contributed by atoms with van der Waals surface area (Å²) in [6, 6.07) is 10.6. The molecule has 7 heteroatoms. The van der Waals surface area contributed by atoms with E-state index < -0.39 is 0 Å². The van der Waals surface area contributed by atoms with Crippen LogP contribution in [0.4, 0.5) is 4.79 Å². The van der Waals surface area contributed by atoms with Crippen molar-refractivity contribution in [1.82, 2.24) is 19.8 Å². The van der Waals surface area contributed by atoms with Crippen molar-refractivity contribution in [3.05, 3.63) is 52.1 Å². The Kier molecular flexibility index (Phi) is 5.13. The highest BCUT2D eigenvalue weighted by atomic mass is 32.1. The zero-order chi connectivity index (χ0) is 18.8. The minimum atomic E-state index is -0.0388. The maximum Gasteiger partial charge on any atom is 0.318 e. The van der Waals surface area contributed by atoms with Crippen LogP contribution in [-0.4, -0.2) is 34.1 Å². The van der Waals surface area contributed by atoms with Gasteiger partial charge in [-0.1, -0.05) is 18.2 Å². The Balaban J connectivity index is 1.42. The largest absolute Gasteiger partial charge is 0.375 e. The van der Waals surface area contributed by atoms with E-state index in [0.717, 1.165) is 30.2 Å². The molecule has 3 heterocycles. The number of ether oxygens (including phenoxy) is 1. The number of aromatic nitrogens is 2. The highest BCUT2D eigenvalue weighted by molar-refractivity contribution is 7.09. The summed E-state index contributed by atoms with van der Waals surface area (Å²) in [4.78, 5) is 19.1. The standard InChI is InChI=1S/C20H24N4O2S/c1-14(26-2)19-22-16(13-27-19)11-21-20(25)23-8-5-9-24-17(12-23)10-15-6-3-4-7-18(15)24/h3-4,6-7,10,13-14H,5,8-9,11-12H2,1-2H3,(H,21,25). The lowest BCUT2D eigenvalue weighted by atomic mass is 10.2. The molecule has 0 saturated carbocycles. The predicted octanol–water partition coefficient (Wildman–Crippen LogP) is 3.92. The molecule has 1 N–H and O–H groups in total. The Morgan fingerprint density at radius 2 is 2.22 bits per heavy atom. The number of methoxy groups -OCH3 is 1. The minimum absolute atomic E-state index is 0.0213. The maximum absolute atomic E-state index is 12.7. The van der Waals surface area contributed by atoms with Crippen molar-refractivity contribution < 1.29 is 9.53 Å². The molecule has 2 aromatic heterocycles. The second-order valence-electron chi connectivity index (χ2n) is 6.83. The Labute approximate surface area is 162 Å². The summed E-state index contributed by atoms with van der Waals surface area (Å²) >= 11 is 1.56. The first-order chi connectivity index (χ1) is 13.2. The Morgan fingerprint density at radius 1 is 1.37 bits per heavy atom. The molecule has 0 bridgehead atoms. The number of carbonyl (C=O) groups is 1. The first kappa shape index (κ1) is 18.0. The number of rotatable bonds is 4. The number of amides is 2. The zero-order valence-electron chi connectivity index (χ0n) is 15.6. The van der Waals surface area contributed by atoms with Crippen LogP contribution in [0.25, 0.3) is 10.9 Å². The van der Waals surface area contributed by atoms with Crippen molar-refractivity contribution in [2.24, 2.45) is 0 Å². The van der Waals surface area contributed by atoms with Crippen molar-refractivity contribution in [2.45, 2.75) is 39.1 Å². The van der Waals surface area contributed by atoms with Crippen molar-refractivity contribution in [2.75, 3.05) is 13.7 Å². The number of hydrogen-bond donors (Lipinski definition) is 1. The Morgan fingerprint density at radius 3 is 3.07 bits per heavy atom. The predicted molar refractivity (Wildman–Crippen MR) is 107 cm³/mol. The molecule has 27 heavy (non-hydrogen) atoms. The van der Waals surface area contributed by atoms with Crippen LogP contribution in [0.1, 0.15) is 35.8 Å². The van der Waals surface area contributed by atoms with Gasteiger partial charge < -0.3 is 19.5 Å². The Bertz CT molecular complexity index is 949. The highest BCUT2D eigenvalue weighted by Crippen LogP contribution is 2.24. The van der Waals surface area contributed by atoms with Crippen molar-refractivity contribution in [3.63, 3.8) is 0 Å². The third-order valence-electron chi connectivity index (χ3n) is 5.04. The van der Waals surface area contributed by atoms with Gasteiger partial charge in [0.1, 0.15) is 11.1 Å². The first-order valence-electron chi connectivity index (χ1n) is 9.22. The van der Waals surface area contributed by atoms with Crippen LogP contribution < -0.4 is 5.32 Å². The smallest absolute Gasteiger partial charge is 0.318 e. The SMILES string of the molecule is COC(C)c1nc(CNC(=O)N2CCCn3c(cc4ccccc43)C2)cs1. The molecule has 2 amide bonds. The van der Waals surface area contributed by atoms with E-state index in [2.05, 4.69) is 45.2 Å². The summed E-state index contributed by atoms with van der Waals surface area (Å²) < 4.78 is 7.63. The summed E-state index contributed by atoms with van der Waals surface area (Å²) in [6.45, 7) is 4.73. The summed E-state index contributed by atoms with van der Waals surface area (Å²) in [7, 11) is 1.67. The normalized spacial score (nSPS) is 15.4. The first-order valence-corrected chi connectivity index (χ1v) is 10.1. The fourth-order valence-corrected chi connectivity index (χ4v) is 4.35. The van der Waals surface area contributed by atoms with Crippen LogP contribution >= 0.6 is 11.3 Å². The molecule has 6 nitrogen and oxygen atoms in total. The molecular formula is C20H24N4O2S. The molecule has 1 aliphatic rings. The third kappa shape index (κ3) is 3.70. The van der Waals surface area contributed by atoms with Crippen LogP contribution in [0.3, 0.4) is 0 Å². The Hall–Kier alpha value is -2.38. The lowest BCUT2D eigenvalue weighted by Gasteiger charge is -2.20. The van der Waals surface area contributed by atoms with Gasteiger partial charge in [-0.15, -0.1) is 11.3 Å². The van der Waals surface area contributed by atoms with E-state index in [1.807, 2.05) is 17.2 Å². The number of aryl methyl sites for hydroxylation is 1. The van der Waals surface area contributed by atoms with Crippen LogP contribution in [0.15, 0.2) is 35.7 Å². The van der Waals surface area contributed by atoms with E-state index in [0.29, 0.717) is 13.1 Å². The van der Waals surface area contributed by atoms with Gasteiger partial charge in [0.05, 0.1) is 18.8 Å². The van der Waals surface area contributed by atoms with E-state index in [9.17, 15) is 4.79 Å². The summed E-state index contributed by atoms with van der Waals surface area (Å²) in [5.74, 6) is 0. The molecule has 0 radical (unpaired) electrons. The quantitative estimate of drug-likeness (QED) is 0.742. The number of hydrogen-bond acceptors (Lipinski definition) is 4. The molecule has 1 atom stereocenters. The second kappa shape index (κ2) is 7.70. The number of carbonyl (C=O) groups excluding carboxylic acids is 1. The van der Waals surface area contributed by atoms with Crippen LogP contribution in [0.5, 0.6) is 0 Å². The van der Waals surface area contributed by atoms with Gasteiger partial charge in [0.15, 0.2) is 0 Å². The van der Waals surface area contributed by atoms with Gasteiger partial charge in [-0.3, -0.25) is 0 Å².